The number of hydrogen-bond donors (Lipinski definition) is 1. The third kappa shape index (κ3) is 12.8. The molecule has 0 unspecified atom stereocenters. The van der Waals surface area contributed by atoms with Gasteiger partial charge in [0, 0.05) is 18.5 Å². The lowest BCUT2D eigenvalue weighted by Gasteiger charge is -2.29. The van der Waals surface area contributed by atoms with Crippen LogP contribution in [0, 0.1) is 23.5 Å². The summed E-state index contributed by atoms with van der Waals surface area (Å²) in [6.07, 6.45) is 9.28. The van der Waals surface area contributed by atoms with Crippen LogP contribution in [0.4, 0.5) is 17.6 Å². The zero-order chi connectivity index (χ0) is 31.0. The lowest BCUT2D eigenvalue weighted by molar-refractivity contribution is -0.0214. The van der Waals surface area contributed by atoms with Gasteiger partial charge in [0.2, 0.25) is 0 Å². The van der Waals surface area contributed by atoms with E-state index >= 15 is 0 Å². The topological polar surface area (TPSA) is 23.6 Å². The number of hydrogen-bond acceptors (Lipinski definition) is 3. The Morgan fingerprint density at radius 3 is 2.07 bits per heavy atom. The van der Waals surface area contributed by atoms with E-state index in [4.69, 9.17) is 4.79 Å². The van der Waals surface area contributed by atoms with Crippen molar-refractivity contribution < 1.29 is 22.4 Å². The van der Waals surface area contributed by atoms with E-state index in [1.54, 1.807) is 6.07 Å². The maximum absolute atomic E-state index is 14.0. The van der Waals surface area contributed by atoms with Gasteiger partial charge >= 0.3 is 0 Å². The molecule has 0 spiro atoms. The predicted molar refractivity (Wildman–Crippen MR) is 169 cm³/mol. The van der Waals surface area contributed by atoms with Crippen molar-refractivity contribution in [3.8, 4) is 0 Å². The van der Waals surface area contributed by atoms with Gasteiger partial charge in [-0.2, -0.15) is 0 Å². The summed E-state index contributed by atoms with van der Waals surface area (Å²) in [6, 6.07) is 11.7. The van der Waals surface area contributed by atoms with Crippen LogP contribution in [-0.4, -0.2) is 55.2 Å². The van der Waals surface area contributed by atoms with Crippen molar-refractivity contribution in [2.75, 3.05) is 39.8 Å². The molecule has 3 nitrogen and oxygen atoms in total. The Labute approximate surface area is 256 Å². The average molecular weight is 611 g/mol. The summed E-state index contributed by atoms with van der Waals surface area (Å²) < 4.78 is 53.9. The van der Waals surface area contributed by atoms with E-state index < -0.39 is 11.7 Å². The fraction of sp³-hybridized carbons (Fsp3) is 0.618. The molecular weight excluding hydrogens is 560 g/mol. The highest BCUT2D eigenvalue weighted by Gasteiger charge is 2.32. The molecule has 0 bridgehead atoms. The van der Waals surface area contributed by atoms with Crippen LogP contribution in [0.1, 0.15) is 88.7 Å². The largest absolute Gasteiger partial charge is 0.306 e. The third-order valence-electron chi connectivity index (χ3n) is 8.64. The maximum Gasteiger partial charge on any atom is 0.273 e. The van der Waals surface area contributed by atoms with Gasteiger partial charge in [0.25, 0.3) is 5.92 Å². The summed E-state index contributed by atoms with van der Waals surface area (Å²) >= 11 is 3.11. The van der Waals surface area contributed by atoms with Gasteiger partial charge in [-0.15, -0.1) is 12.6 Å². The van der Waals surface area contributed by atoms with E-state index in [1.165, 1.54) is 69.0 Å². The Hall–Kier alpha value is -1.90. The zero-order valence-electron chi connectivity index (χ0n) is 25.6. The molecule has 1 saturated carbocycles. The van der Waals surface area contributed by atoms with Crippen molar-refractivity contribution in [2.24, 2.45) is 11.8 Å². The third-order valence-corrected chi connectivity index (χ3v) is 8.64. The summed E-state index contributed by atoms with van der Waals surface area (Å²) in [4.78, 5) is 13.5. The van der Waals surface area contributed by atoms with Crippen molar-refractivity contribution in [1.82, 2.24) is 9.80 Å². The number of piperidine rings is 1. The van der Waals surface area contributed by atoms with Crippen LogP contribution in [0.3, 0.4) is 0 Å². The number of carbonyl (C=O) groups is 1. The number of alkyl halides is 2. The van der Waals surface area contributed by atoms with Crippen molar-refractivity contribution >= 4 is 18.2 Å². The highest BCUT2D eigenvalue weighted by molar-refractivity contribution is 7.94. The van der Waals surface area contributed by atoms with Gasteiger partial charge in [0.1, 0.15) is 11.6 Å². The summed E-state index contributed by atoms with van der Waals surface area (Å²) in [7, 11) is 2.06. The number of likely N-dealkylation sites (tertiary alicyclic amines) is 2. The molecule has 2 aromatic carbocycles. The molecule has 0 aromatic heterocycles. The molecule has 2 aliphatic heterocycles. The van der Waals surface area contributed by atoms with E-state index in [-0.39, 0.29) is 17.8 Å². The maximum atomic E-state index is 14.0. The van der Waals surface area contributed by atoms with Crippen LogP contribution >= 0.6 is 12.6 Å². The second-order valence-electron chi connectivity index (χ2n) is 11.5. The fourth-order valence-electron chi connectivity index (χ4n) is 5.79. The van der Waals surface area contributed by atoms with Crippen LogP contribution in [0.5, 0.6) is 0 Å². The SMILES string of the molecule is CC.CN1CCC(CCC(F)(F)c2ccc(F)cc2)CC1.Fc1cccc([C@@H]2CCN(CCC3CCC3)C2)c1.O=CS. The first-order valence-electron chi connectivity index (χ1n) is 15.6. The number of nitrogens with zero attached hydrogens (tertiary/aromatic N) is 2. The highest BCUT2D eigenvalue weighted by Crippen LogP contribution is 2.36. The number of rotatable bonds is 8. The molecule has 0 N–H and O–H groups in total. The number of thiol groups is 1. The van der Waals surface area contributed by atoms with Crippen molar-refractivity contribution in [3.63, 3.8) is 0 Å². The second-order valence-corrected chi connectivity index (χ2v) is 11.7. The first-order chi connectivity index (χ1) is 20.2. The monoisotopic (exact) mass is 610 g/mol. The molecule has 2 heterocycles. The zero-order valence-corrected chi connectivity index (χ0v) is 26.5. The van der Waals surface area contributed by atoms with Crippen molar-refractivity contribution in [2.45, 2.75) is 83.5 Å². The number of halogens is 4. The molecule has 0 amide bonds. The van der Waals surface area contributed by atoms with Crippen LogP contribution in [0.25, 0.3) is 0 Å². The standard InChI is InChI=1S/C16H22FN.C15H20F3N.C2H6.CH2OS/c17-16-6-2-5-14(11-16)15-8-10-18(12-15)9-7-13-3-1-4-13;1-19-10-7-12(8-11-19)6-9-15(17,18)13-2-4-14(16)5-3-13;1-2;2-1-3/h2,5-6,11,13,15H,1,3-4,7-10,12H2;2-5,12H,6-11H2,1H3;1-2H3;1H,(H,2,3)/t15-;;;/m1.../s1. The minimum Gasteiger partial charge on any atom is -0.306 e. The molecule has 1 aliphatic carbocycles. The van der Waals surface area contributed by atoms with Gasteiger partial charge < -0.3 is 9.80 Å². The number of benzene rings is 2. The molecule has 0 radical (unpaired) electrons. The molecule has 3 fully saturated rings. The lowest BCUT2D eigenvalue weighted by Crippen LogP contribution is -2.30. The van der Waals surface area contributed by atoms with Gasteiger partial charge in [-0.05, 0) is 113 Å². The Bertz CT molecular complexity index is 1010. The molecular formula is C34H50F4N2OS. The van der Waals surface area contributed by atoms with Crippen molar-refractivity contribution in [1.29, 1.82) is 0 Å². The Balaban J connectivity index is 0.000000255. The summed E-state index contributed by atoms with van der Waals surface area (Å²) in [5.41, 5.74) is 1.54. The molecule has 42 heavy (non-hydrogen) atoms. The van der Waals surface area contributed by atoms with Gasteiger partial charge in [0.15, 0.2) is 5.62 Å². The first kappa shape index (κ1) is 36.3. The van der Waals surface area contributed by atoms with E-state index in [0.29, 0.717) is 23.9 Å². The normalized spacial score (nSPS) is 19.8. The van der Waals surface area contributed by atoms with E-state index in [0.717, 1.165) is 50.5 Å². The minimum atomic E-state index is -2.85. The molecule has 2 saturated heterocycles. The quantitative estimate of drug-likeness (QED) is 0.183. The van der Waals surface area contributed by atoms with Gasteiger partial charge in [-0.1, -0.05) is 57.4 Å². The van der Waals surface area contributed by atoms with E-state index in [1.807, 2.05) is 19.9 Å². The van der Waals surface area contributed by atoms with Gasteiger partial charge in [-0.25, -0.2) is 17.6 Å². The first-order valence-corrected chi connectivity index (χ1v) is 16.1. The molecule has 2 aromatic rings. The van der Waals surface area contributed by atoms with Gasteiger partial charge in [-0.3, -0.25) is 4.79 Å². The van der Waals surface area contributed by atoms with Crippen LogP contribution in [0.2, 0.25) is 0 Å². The molecule has 5 rings (SSSR count). The molecule has 1 atom stereocenters. The fourth-order valence-corrected chi connectivity index (χ4v) is 5.79. The van der Waals surface area contributed by atoms with Crippen LogP contribution < -0.4 is 0 Å². The Morgan fingerprint density at radius 2 is 1.50 bits per heavy atom. The molecule has 8 heteroatoms. The predicted octanol–water partition coefficient (Wildman–Crippen LogP) is 8.98. The Morgan fingerprint density at radius 1 is 0.881 bits per heavy atom. The lowest BCUT2D eigenvalue weighted by atomic mass is 9.83. The summed E-state index contributed by atoms with van der Waals surface area (Å²) in [5, 5.41) is 0. The van der Waals surface area contributed by atoms with E-state index in [9.17, 15) is 17.6 Å². The van der Waals surface area contributed by atoms with Crippen LogP contribution in [0.15, 0.2) is 48.5 Å². The van der Waals surface area contributed by atoms with Crippen molar-refractivity contribution in [3.05, 3.63) is 71.3 Å². The minimum absolute atomic E-state index is 0.0816. The smallest absolute Gasteiger partial charge is 0.273 e. The summed E-state index contributed by atoms with van der Waals surface area (Å²) in [5.74, 6) is -1.49. The Kier molecular flexibility index (Phi) is 16.8. The second kappa shape index (κ2) is 19.4. The van der Waals surface area contributed by atoms with Gasteiger partial charge in [0.05, 0.1) is 0 Å². The number of carbonyl (C=O) groups excluding carboxylic acids is 1. The van der Waals surface area contributed by atoms with Crippen LogP contribution in [-0.2, 0) is 10.7 Å². The average Bonchev–Trinajstić information content (AvgIpc) is 3.43. The molecule has 3 aliphatic rings. The molecule has 236 valence electrons. The highest BCUT2D eigenvalue weighted by atomic mass is 32.1. The van der Waals surface area contributed by atoms with E-state index in [2.05, 4.69) is 35.5 Å². The summed E-state index contributed by atoms with van der Waals surface area (Å²) in [6.45, 7) is 9.54.